The number of alkyl carbamates (subject to hydrolysis) is 1. The van der Waals surface area contributed by atoms with Crippen molar-refractivity contribution in [2.24, 2.45) is 5.92 Å². The SMILES string of the molecule is CCCCCCCCCCCCCOC(=O)NC(CC(C)C)C(=O)N[C@H]1CCOC1O. The van der Waals surface area contributed by atoms with Gasteiger partial charge in [0.25, 0.3) is 0 Å². The molecule has 3 N–H and O–H groups in total. The highest BCUT2D eigenvalue weighted by Gasteiger charge is 2.31. The minimum absolute atomic E-state index is 0.229. The zero-order valence-electron chi connectivity index (χ0n) is 20.0. The zero-order valence-corrected chi connectivity index (χ0v) is 20.0. The van der Waals surface area contributed by atoms with Gasteiger partial charge in [0.2, 0.25) is 5.91 Å². The van der Waals surface area contributed by atoms with E-state index < -0.39 is 24.5 Å². The van der Waals surface area contributed by atoms with E-state index in [1.807, 2.05) is 13.8 Å². The molecule has 0 aromatic heterocycles. The van der Waals surface area contributed by atoms with Crippen LogP contribution in [0.3, 0.4) is 0 Å². The van der Waals surface area contributed by atoms with Gasteiger partial charge in [0.15, 0.2) is 6.29 Å². The molecule has 1 aliphatic heterocycles. The lowest BCUT2D eigenvalue weighted by Gasteiger charge is -2.23. The molecular formula is C24H46N2O5. The van der Waals surface area contributed by atoms with Crippen LogP contribution in [0.15, 0.2) is 0 Å². The predicted octanol–water partition coefficient (Wildman–Crippen LogP) is 4.66. The van der Waals surface area contributed by atoms with Crippen LogP contribution < -0.4 is 10.6 Å². The molecule has 0 aromatic rings. The number of ether oxygens (including phenoxy) is 2. The molecule has 2 unspecified atom stereocenters. The molecule has 0 radical (unpaired) electrons. The van der Waals surface area contributed by atoms with Crippen molar-refractivity contribution in [3.8, 4) is 0 Å². The van der Waals surface area contributed by atoms with Gasteiger partial charge in [-0.2, -0.15) is 0 Å². The lowest BCUT2D eigenvalue weighted by Crippen LogP contribution is -2.52. The number of rotatable bonds is 17. The lowest BCUT2D eigenvalue weighted by atomic mass is 10.0. The molecule has 0 bridgehead atoms. The normalized spacial score (nSPS) is 19.4. The van der Waals surface area contributed by atoms with Gasteiger partial charge in [0.05, 0.1) is 19.3 Å². The number of carbonyl (C=O) groups is 2. The molecule has 3 atom stereocenters. The minimum atomic E-state index is -0.989. The summed E-state index contributed by atoms with van der Waals surface area (Å²) < 4.78 is 10.3. The highest BCUT2D eigenvalue weighted by atomic mass is 16.6. The van der Waals surface area contributed by atoms with Crippen LogP contribution in [0.1, 0.15) is 104 Å². The van der Waals surface area contributed by atoms with E-state index in [0.717, 1.165) is 12.8 Å². The van der Waals surface area contributed by atoms with E-state index >= 15 is 0 Å². The summed E-state index contributed by atoms with van der Waals surface area (Å²) in [6.07, 6.45) is 13.2. The maximum atomic E-state index is 12.5. The van der Waals surface area contributed by atoms with Crippen molar-refractivity contribution in [2.75, 3.05) is 13.2 Å². The molecule has 31 heavy (non-hydrogen) atoms. The number of hydrogen-bond donors (Lipinski definition) is 3. The number of nitrogens with one attached hydrogen (secondary N) is 2. The Bertz CT molecular complexity index is 487. The van der Waals surface area contributed by atoms with E-state index in [4.69, 9.17) is 9.47 Å². The molecule has 7 heteroatoms. The van der Waals surface area contributed by atoms with Crippen molar-refractivity contribution in [1.29, 1.82) is 0 Å². The third-order valence-electron chi connectivity index (χ3n) is 5.69. The Labute approximate surface area is 189 Å². The minimum Gasteiger partial charge on any atom is -0.450 e. The van der Waals surface area contributed by atoms with E-state index in [2.05, 4.69) is 17.6 Å². The second-order valence-electron chi connectivity index (χ2n) is 9.16. The van der Waals surface area contributed by atoms with Crippen LogP contribution >= 0.6 is 0 Å². The van der Waals surface area contributed by atoms with Gasteiger partial charge in [-0.3, -0.25) is 4.79 Å². The summed E-state index contributed by atoms with van der Waals surface area (Å²) in [5, 5.41) is 15.2. The highest BCUT2D eigenvalue weighted by Crippen LogP contribution is 2.13. The molecule has 1 heterocycles. The molecule has 1 rings (SSSR count). The molecule has 0 saturated carbocycles. The molecule has 2 amide bonds. The average Bonchev–Trinajstić information content (AvgIpc) is 3.12. The molecule has 1 aliphatic rings. The van der Waals surface area contributed by atoms with Gasteiger partial charge < -0.3 is 25.2 Å². The summed E-state index contributed by atoms with van der Waals surface area (Å²) in [7, 11) is 0. The topological polar surface area (TPSA) is 96.9 Å². The molecule has 182 valence electrons. The Balaban J connectivity index is 2.13. The fourth-order valence-corrected chi connectivity index (χ4v) is 3.82. The second-order valence-corrected chi connectivity index (χ2v) is 9.16. The van der Waals surface area contributed by atoms with Gasteiger partial charge in [0, 0.05) is 0 Å². The first kappa shape index (κ1) is 27.7. The van der Waals surface area contributed by atoms with Crippen molar-refractivity contribution in [1.82, 2.24) is 10.6 Å². The standard InChI is InChI=1S/C24H46N2O5/c1-4-5-6-7-8-9-10-11-12-13-14-16-31-24(29)26-21(18-19(2)3)22(27)25-20-15-17-30-23(20)28/h19-21,23,28H,4-18H2,1-3H3,(H,25,27)(H,26,29)/t20-,21?,23?/m0/s1. The Kier molecular flexibility index (Phi) is 15.4. The van der Waals surface area contributed by atoms with E-state index in [9.17, 15) is 14.7 Å². The summed E-state index contributed by atoms with van der Waals surface area (Å²) >= 11 is 0. The summed E-state index contributed by atoms with van der Waals surface area (Å²) in [6.45, 7) is 7.01. The molecular weight excluding hydrogens is 396 g/mol. The van der Waals surface area contributed by atoms with Crippen LogP contribution in [0.2, 0.25) is 0 Å². The Morgan fingerprint density at radius 3 is 2.10 bits per heavy atom. The van der Waals surface area contributed by atoms with Crippen LogP contribution in [0.4, 0.5) is 4.79 Å². The maximum absolute atomic E-state index is 12.5. The summed E-state index contributed by atoms with van der Waals surface area (Å²) in [5.74, 6) is -0.0812. The largest absolute Gasteiger partial charge is 0.450 e. The molecule has 7 nitrogen and oxygen atoms in total. The fourth-order valence-electron chi connectivity index (χ4n) is 3.82. The van der Waals surface area contributed by atoms with Crippen molar-refractivity contribution in [3.05, 3.63) is 0 Å². The van der Waals surface area contributed by atoms with Gasteiger partial charge in [-0.15, -0.1) is 0 Å². The molecule has 0 aromatic carbocycles. The van der Waals surface area contributed by atoms with E-state index in [0.29, 0.717) is 26.1 Å². The summed E-state index contributed by atoms with van der Waals surface area (Å²) in [6, 6.07) is -1.12. The molecule has 0 aliphatic carbocycles. The van der Waals surface area contributed by atoms with Gasteiger partial charge in [-0.25, -0.2) is 4.79 Å². The smallest absolute Gasteiger partial charge is 0.407 e. The van der Waals surface area contributed by atoms with Gasteiger partial charge in [-0.05, 0) is 25.2 Å². The predicted molar refractivity (Wildman–Crippen MR) is 123 cm³/mol. The van der Waals surface area contributed by atoms with E-state index in [1.165, 1.54) is 57.8 Å². The number of aliphatic hydroxyl groups is 1. The van der Waals surface area contributed by atoms with Crippen LogP contribution in [-0.4, -0.2) is 48.7 Å². The summed E-state index contributed by atoms with van der Waals surface area (Å²) in [5.41, 5.74) is 0. The average molecular weight is 443 g/mol. The second kappa shape index (κ2) is 17.2. The lowest BCUT2D eigenvalue weighted by molar-refractivity contribution is -0.127. The third-order valence-corrected chi connectivity index (χ3v) is 5.69. The van der Waals surface area contributed by atoms with Crippen molar-refractivity contribution in [2.45, 2.75) is 123 Å². The number of unbranched alkanes of at least 4 members (excludes halogenated alkanes) is 10. The molecule has 1 fully saturated rings. The highest BCUT2D eigenvalue weighted by molar-refractivity contribution is 5.85. The van der Waals surface area contributed by atoms with Crippen molar-refractivity contribution in [3.63, 3.8) is 0 Å². The number of amides is 2. The van der Waals surface area contributed by atoms with Crippen molar-refractivity contribution < 1.29 is 24.2 Å². The van der Waals surface area contributed by atoms with Crippen LogP contribution in [-0.2, 0) is 14.3 Å². The Hall–Kier alpha value is -1.34. The fraction of sp³-hybridized carbons (Fsp3) is 0.917. The van der Waals surface area contributed by atoms with Crippen LogP contribution in [0.25, 0.3) is 0 Å². The monoisotopic (exact) mass is 442 g/mol. The summed E-state index contributed by atoms with van der Waals surface area (Å²) in [4.78, 5) is 24.7. The first-order valence-electron chi connectivity index (χ1n) is 12.5. The van der Waals surface area contributed by atoms with Gasteiger partial charge in [-0.1, -0.05) is 85.0 Å². The first-order chi connectivity index (χ1) is 14.9. The third kappa shape index (κ3) is 13.6. The molecule has 1 saturated heterocycles. The first-order valence-corrected chi connectivity index (χ1v) is 12.5. The zero-order chi connectivity index (χ0) is 22.9. The number of carbonyl (C=O) groups excluding carboxylic acids is 2. The quantitative estimate of drug-likeness (QED) is 0.285. The maximum Gasteiger partial charge on any atom is 0.407 e. The number of hydrogen-bond acceptors (Lipinski definition) is 5. The number of aliphatic hydroxyl groups excluding tert-OH is 1. The van der Waals surface area contributed by atoms with E-state index in [-0.39, 0.29) is 11.8 Å². The van der Waals surface area contributed by atoms with Crippen molar-refractivity contribution >= 4 is 12.0 Å². The van der Waals surface area contributed by atoms with Crippen LogP contribution in [0, 0.1) is 5.92 Å². The van der Waals surface area contributed by atoms with Gasteiger partial charge >= 0.3 is 6.09 Å². The van der Waals surface area contributed by atoms with E-state index in [1.54, 1.807) is 0 Å². The van der Waals surface area contributed by atoms with Crippen LogP contribution in [0.5, 0.6) is 0 Å². The molecule has 0 spiro atoms. The Morgan fingerprint density at radius 1 is 1.00 bits per heavy atom. The van der Waals surface area contributed by atoms with Gasteiger partial charge in [0.1, 0.15) is 6.04 Å². The Morgan fingerprint density at radius 2 is 1.58 bits per heavy atom.